The maximum Gasteiger partial charge on any atom is 0.325 e. The number of carbonyl (C=O) groups is 1. The molecule has 0 fully saturated rings. The number of hydrazine groups is 1. The van der Waals surface area contributed by atoms with Crippen molar-refractivity contribution in [2.45, 2.75) is 31.9 Å². The smallest absolute Gasteiger partial charge is 0.325 e. The summed E-state index contributed by atoms with van der Waals surface area (Å²) in [4.78, 5) is 10.9. The van der Waals surface area contributed by atoms with Crippen molar-refractivity contribution in [1.29, 1.82) is 0 Å². The van der Waals surface area contributed by atoms with E-state index in [0.717, 1.165) is 0 Å². The van der Waals surface area contributed by atoms with Crippen LogP contribution in [0.3, 0.4) is 0 Å². The van der Waals surface area contributed by atoms with Crippen molar-refractivity contribution in [1.82, 2.24) is 5.43 Å². The van der Waals surface area contributed by atoms with Crippen LogP contribution in [0.5, 0.6) is 0 Å². The summed E-state index contributed by atoms with van der Waals surface area (Å²) < 4.78 is 4.77. The number of nitrogens with one attached hydrogen (secondary N) is 1. The minimum atomic E-state index is -0.970. The monoisotopic (exact) mass is 180 g/mol. The molecular weight excluding hydrogens is 168 g/mol. The molecule has 0 aliphatic rings. The second-order valence-corrected chi connectivity index (χ2v) is 3.58. The Morgan fingerprint density at radius 3 is 2.45 bits per heavy atom. The molecular formula is C6H13ClN2O2. The molecule has 0 saturated heterocycles. The van der Waals surface area contributed by atoms with Crippen LogP contribution in [0.1, 0.15) is 20.8 Å². The Bertz CT molecular complexity index is 144. The molecule has 0 radical (unpaired) electrons. The maximum atomic E-state index is 10.9. The second-order valence-electron chi connectivity index (χ2n) is 2.67. The molecule has 66 valence electrons. The van der Waals surface area contributed by atoms with E-state index in [0.29, 0.717) is 0 Å². The molecule has 0 aliphatic heterocycles. The fourth-order valence-electron chi connectivity index (χ4n) is 0.396. The van der Waals surface area contributed by atoms with Gasteiger partial charge < -0.3 is 4.74 Å². The highest BCUT2D eigenvalue weighted by molar-refractivity contribution is 6.22. The van der Waals surface area contributed by atoms with Gasteiger partial charge in [-0.1, -0.05) is 11.6 Å². The number of nitrogens with two attached hydrogens (primary N) is 1. The first-order valence-corrected chi connectivity index (χ1v) is 3.62. The normalized spacial score (nSPS) is 14.3. The van der Waals surface area contributed by atoms with E-state index in [1.165, 1.54) is 0 Å². The van der Waals surface area contributed by atoms with E-state index in [1.54, 1.807) is 20.8 Å². The second kappa shape index (κ2) is 3.90. The third kappa shape index (κ3) is 5.01. The van der Waals surface area contributed by atoms with Crippen molar-refractivity contribution in [2.24, 2.45) is 5.84 Å². The molecule has 0 aromatic carbocycles. The molecule has 3 N–H and O–H groups in total. The number of ether oxygens (including phenoxy) is 1. The summed E-state index contributed by atoms with van der Waals surface area (Å²) in [6, 6.07) is -0.534. The van der Waals surface area contributed by atoms with Gasteiger partial charge in [-0.05, 0) is 20.8 Å². The minimum Gasteiger partial charge on any atom is -0.442 e. The van der Waals surface area contributed by atoms with E-state index >= 15 is 0 Å². The lowest BCUT2D eigenvalue weighted by Crippen LogP contribution is -2.42. The Kier molecular flexibility index (Phi) is 3.78. The standard InChI is InChI=1S/C6H13ClN2O2/c1-4(9-8)5(10)11-6(2,3)7/h4,9H,8H2,1-3H3. The third-order valence-electron chi connectivity index (χ3n) is 0.947. The Balaban J connectivity index is 3.88. The van der Waals surface area contributed by atoms with Gasteiger partial charge in [-0.2, -0.15) is 0 Å². The highest BCUT2D eigenvalue weighted by Gasteiger charge is 2.22. The Morgan fingerprint density at radius 2 is 2.18 bits per heavy atom. The molecule has 0 saturated carbocycles. The van der Waals surface area contributed by atoms with Crippen molar-refractivity contribution in [2.75, 3.05) is 0 Å². The number of alkyl halides is 1. The summed E-state index contributed by atoms with van der Waals surface area (Å²) in [5.41, 5.74) is 2.25. The molecule has 0 aromatic heterocycles. The van der Waals surface area contributed by atoms with E-state index in [2.05, 4.69) is 5.43 Å². The molecule has 1 atom stereocenters. The topological polar surface area (TPSA) is 64.3 Å². The number of hydrogen-bond donors (Lipinski definition) is 2. The van der Waals surface area contributed by atoms with Gasteiger partial charge in [-0.3, -0.25) is 10.6 Å². The molecule has 0 heterocycles. The third-order valence-corrected chi connectivity index (χ3v) is 1.02. The zero-order chi connectivity index (χ0) is 9.07. The summed E-state index contributed by atoms with van der Waals surface area (Å²) in [5, 5.41) is -0.970. The molecule has 0 spiro atoms. The molecule has 11 heavy (non-hydrogen) atoms. The van der Waals surface area contributed by atoms with Crippen LogP contribution in [0, 0.1) is 0 Å². The van der Waals surface area contributed by atoms with Gasteiger partial charge in [-0.25, -0.2) is 5.43 Å². The average molecular weight is 181 g/mol. The Hall–Kier alpha value is -0.320. The predicted octanol–water partition coefficient (Wildman–Crippen LogP) is 0.356. The van der Waals surface area contributed by atoms with Crippen molar-refractivity contribution in [3.05, 3.63) is 0 Å². The lowest BCUT2D eigenvalue weighted by atomic mass is 10.3. The van der Waals surface area contributed by atoms with Crippen molar-refractivity contribution >= 4 is 17.6 Å². The van der Waals surface area contributed by atoms with Gasteiger partial charge in [0.05, 0.1) is 0 Å². The summed E-state index contributed by atoms with van der Waals surface area (Å²) in [5.74, 6) is 4.53. The highest BCUT2D eigenvalue weighted by Crippen LogP contribution is 2.14. The number of esters is 1. The van der Waals surface area contributed by atoms with Crippen LogP contribution >= 0.6 is 11.6 Å². The molecule has 5 heteroatoms. The first kappa shape index (κ1) is 10.7. The molecule has 0 bridgehead atoms. The summed E-state index contributed by atoms with van der Waals surface area (Å²) in [7, 11) is 0. The SMILES string of the molecule is CC(NN)C(=O)OC(C)(C)Cl. The van der Waals surface area contributed by atoms with Crippen molar-refractivity contribution in [3.8, 4) is 0 Å². The Morgan fingerprint density at radius 1 is 1.73 bits per heavy atom. The van der Waals surface area contributed by atoms with E-state index in [1.807, 2.05) is 0 Å². The molecule has 0 aromatic rings. The van der Waals surface area contributed by atoms with Crippen LogP contribution in [0.2, 0.25) is 0 Å². The van der Waals surface area contributed by atoms with E-state index < -0.39 is 17.1 Å². The maximum absolute atomic E-state index is 10.9. The first-order valence-electron chi connectivity index (χ1n) is 3.24. The largest absolute Gasteiger partial charge is 0.442 e. The van der Waals surface area contributed by atoms with Gasteiger partial charge in [0.2, 0.25) is 0 Å². The summed E-state index contributed by atoms with van der Waals surface area (Å²) >= 11 is 5.62. The predicted molar refractivity (Wildman–Crippen MR) is 42.8 cm³/mol. The van der Waals surface area contributed by atoms with Crippen molar-refractivity contribution in [3.63, 3.8) is 0 Å². The fourth-order valence-corrected chi connectivity index (χ4v) is 0.472. The highest BCUT2D eigenvalue weighted by atomic mass is 35.5. The lowest BCUT2D eigenvalue weighted by molar-refractivity contribution is -0.152. The first-order chi connectivity index (χ1) is 4.87. The van der Waals surface area contributed by atoms with Crippen LogP contribution in [0.15, 0.2) is 0 Å². The molecule has 1 unspecified atom stereocenters. The number of halogens is 1. The zero-order valence-corrected chi connectivity index (χ0v) is 7.61. The molecule has 0 rings (SSSR count). The van der Waals surface area contributed by atoms with Crippen LogP contribution in [0.4, 0.5) is 0 Å². The number of rotatable bonds is 3. The zero-order valence-electron chi connectivity index (χ0n) is 6.85. The molecule has 0 aliphatic carbocycles. The van der Waals surface area contributed by atoms with Crippen LogP contribution in [0.25, 0.3) is 0 Å². The lowest BCUT2D eigenvalue weighted by Gasteiger charge is -2.19. The van der Waals surface area contributed by atoms with Gasteiger partial charge >= 0.3 is 5.97 Å². The number of hydrogen-bond acceptors (Lipinski definition) is 4. The Labute approximate surface area is 71.0 Å². The van der Waals surface area contributed by atoms with Gasteiger partial charge in [-0.15, -0.1) is 0 Å². The van der Waals surface area contributed by atoms with Gasteiger partial charge in [0.1, 0.15) is 6.04 Å². The van der Waals surface area contributed by atoms with Crippen LogP contribution in [-0.2, 0) is 9.53 Å². The van der Waals surface area contributed by atoms with Crippen molar-refractivity contribution < 1.29 is 9.53 Å². The van der Waals surface area contributed by atoms with E-state index in [4.69, 9.17) is 22.2 Å². The fraction of sp³-hybridized carbons (Fsp3) is 0.833. The minimum absolute atomic E-state index is 0.465. The van der Waals surface area contributed by atoms with Crippen LogP contribution < -0.4 is 11.3 Å². The average Bonchev–Trinajstić information content (AvgIpc) is 1.82. The number of carbonyl (C=O) groups excluding carboxylic acids is 1. The summed E-state index contributed by atoms with van der Waals surface area (Å²) in [6.45, 7) is 4.75. The van der Waals surface area contributed by atoms with E-state index in [-0.39, 0.29) is 0 Å². The van der Waals surface area contributed by atoms with E-state index in [9.17, 15) is 4.79 Å². The molecule has 4 nitrogen and oxygen atoms in total. The van der Waals surface area contributed by atoms with Gasteiger partial charge in [0.15, 0.2) is 5.06 Å². The molecule has 0 amide bonds. The van der Waals surface area contributed by atoms with Gasteiger partial charge in [0.25, 0.3) is 0 Å². The van der Waals surface area contributed by atoms with Crippen LogP contribution in [-0.4, -0.2) is 17.1 Å². The summed E-state index contributed by atoms with van der Waals surface area (Å²) in [6.07, 6.45) is 0. The quantitative estimate of drug-likeness (QED) is 0.285. The van der Waals surface area contributed by atoms with Gasteiger partial charge in [0, 0.05) is 0 Å².